The van der Waals surface area contributed by atoms with Gasteiger partial charge in [-0.2, -0.15) is 0 Å². The van der Waals surface area contributed by atoms with Crippen LogP contribution < -0.4 is 5.32 Å². The van der Waals surface area contributed by atoms with Crippen LogP contribution in [0, 0.1) is 0 Å². The lowest BCUT2D eigenvalue weighted by Crippen LogP contribution is -2.29. The Morgan fingerprint density at radius 2 is 2.33 bits per heavy atom. The largest absolute Gasteiger partial charge is 0.314 e. The average Bonchev–Trinajstić information content (AvgIpc) is 2.89. The van der Waals surface area contributed by atoms with Gasteiger partial charge in [0.2, 0.25) is 0 Å². The molecule has 3 rings (SSSR count). The maximum Gasteiger partial charge on any atom is 0.143 e. The van der Waals surface area contributed by atoms with Crippen molar-refractivity contribution in [1.82, 2.24) is 15.3 Å². The molecule has 21 heavy (non-hydrogen) atoms. The molecule has 5 heteroatoms. The van der Waals surface area contributed by atoms with Gasteiger partial charge in [0, 0.05) is 29.6 Å². The number of rotatable bonds is 4. The Kier molecular flexibility index (Phi) is 4.57. The van der Waals surface area contributed by atoms with Crippen molar-refractivity contribution >= 4 is 22.9 Å². The van der Waals surface area contributed by atoms with Gasteiger partial charge >= 0.3 is 0 Å². The Balaban J connectivity index is 1.89. The smallest absolute Gasteiger partial charge is 0.143 e. The molecule has 1 aliphatic carbocycles. The van der Waals surface area contributed by atoms with Crippen LogP contribution >= 0.6 is 22.9 Å². The van der Waals surface area contributed by atoms with Gasteiger partial charge in [0.25, 0.3) is 0 Å². The van der Waals surface area contributed by atoms with Crippen LogP contribution in [0.25, 0.3) is 10.7 Å². The molecule has 1 unspecified atom stereocenters. The van der Waals surface area contributed by atoms with Crippen LogP contribution in [0.2, 0.25) is 5.02 Å². The first-order valence-electron chi connectivity index (χ1n) is 7.49. The van der Waals surface area contributed by atoms with E-state index in [0.717, 1.165) is 23.7 Å². The Hall–Kier alpha value is -0.970. The highest BCUT2D eigenvalue weighted by atomic mass is 35.5. The molecule has 1 N–H and O–H groups in total. The number of fused-ring (bicyclic) bond motifs is 1. The summed E-state index contributed by atoms with van der Waals surface area (Å²) in [5, 5.41) is 5.18. The first-order valence-corrected chi connectivity index (χ1v) is 8.68. The minimum absolute atomic E-state index is 0.513. The molecular weight excluding hydrogens is 302 g/mol. The van der Waals surface area contributed by atoms with Crippen LogP contribution in [0.1, 0.15) is 43.2 Å². The van der Waals surface area contributed by atoms with E-state index in [9.17, 15) is 0 Å². The van der Waals surface area contributed by atoms with E-state index in [4.69, 9.17) is 16.6 Å². The molecule has 2 aromatic rings. The summed E-state index contributed by atoms with van der Waals surface area (Å²) in [7, 11) is 0. The van der Waals surface area contributed by atoms with Crippen molar-refractivity contribution < 1.29 is 0 Å². The molecule has 2 heterocycles. The minimum Gasteiger partial charge on any atom is -0.314 e. The number of nitrogens with zero attached hydrogens (tertiary/aromatic N) is 2. The number of hydrogen-bond donors (Lipinski definition) is 1. The summed E-state index contributed by atoms with van der Waals surface area (Å²) in [6.07, 6.45) is 5.37. The molecular formula is C16H20ClN3S. The van der Waals surface area contributed by atoms with Gasteiger partial charge in [0.15, 0.2) is 0 Å². The van der Waals surface area contributed by atoms with Crippen molar-refractivity contribution in [3.05, 3.63) is 33.9 Å². The highest BCUT2D eigenvalue weighted by molar-refractivity contribution is 7.15. The van der Waals surface area contributed by atoms with Crippen LogP contribution in [-0.2, 0) is 6.42 Å². The fraction of sp³-hybridized carbons (Fsp3) is 0.500. The molecule has 0 fully saturated rings. The molecule has 0 spiro atoms. The second-order valence-corrected chi connectivity index (χ2v) is 7.30. The topological polar surface area (TPSA) is 37.8 Å². The van der Waals surface area contributed by atoms with E-state index in [1.54, 1.807) is 17.5 Å². The second-order valence-electron chi connectivity index (χ2n) is 5.81. The number of aryl methyl sites for hydroxylation is 1. The first kappa shape index (κ1) is 14.9. The summed E-state index contributed by atoms with van der Waals surface area (Å²) >= 11 is 8.01. The SMILES string of the molecule is CC(C)NCC1CCCc2sc(-c3ncccc3Cl)nc21. The van der Waals surface area contributed by atoms with E-state index in [-0.39, 0.29) is 0 Å². The summed E-state index contributed by atoms with van der Waals surface area (Å²) in [5.41, 5.74) is 2.07. The van der Waals surface area contributed by atoms with Gasteiger partial charge in [-0.1, -0.05) is 25.4 Å². The van der Waals surface area contributed by atoms with Crippen LogP contribution in [0.15, 0.2) is 18.3 Å². The van der Waals surface area contributed by atoms with E-state index >= 15 is 0 Å². The lowest BCUT2D eigenvalue weighted by molar-refractivity contribution is 0.475. The third kappa shape index (κ3) is 3.28. The number of thiazole rings is 1. The third-order valence-electron chi connectivity index (χ3n) is 3.80. The van der Waals surface area contributed by atoms with E-state index in [1.165, 1.54) is 23.4 Å². The number of aromatic nitrogens is 2. The average molecular weight is 322 g/mol. The summed E-state index contributed by atoms with van der Waals surface area (Å²) < 4.78 is 0. The lowest BCUT2D eigenvalue weighted by Gasteiger charge is -2.22. The number of hydrogen-bond acceptors (Lipinski definition) is 4. The number of nitrogens with one attached hydrogen (secondary N) is 1. The molecule has 0 radical (unpaired) electrons. The van der Waals surface area contributed by atoms with E-state index in [1.807, 2.05) is 12.1 Å². The number of halogens is 1. The van der Waals surface area contributed by atoms with Gasteiger partial charge in [-0.15, -0.1) is 11.3 Å². The molecule has 0 aliphatic heterocycles. The van der Waals surface area contributed by atoms with Crippen LogP contribution in [0.5, 0.6) is 0 Å². The highest BCUT2D eigenvalue weighted by Gasteiger charge is 2.25. The first-order chi connectivity index (χ1) is 10.1. The molecule has 1 atom stereocenters. The predicted molar refractivity (Wildman–Crippen MR) is 89.2 cm³/mol. The lowest BCUT2D eigenvalue weighted by atomic mass is 9.91. The Bertz CT molecular complexity index is 624. The summed E-state index contributed by atoms with van der Waals surface area (Å²) in [5.74, 6) is 0.517. The van der Waals surface area contributed by atoms with Gasteiger partial charge in [0.1, 0.15) is 10.7 Å². The molecule has 1 aliphatic rings. The van der Waals surface area contributed by atoms with E-state index < -0.39 is 0 Å². The van der Waals surface area contributed by atoms with Gasteiger partial charge in [-0.3, -0.25) is 4.98 Å². The summed E-state index contributed by atoms with van der Waals surface area (Å²) in [6.45, 7) is 5.37. The van der Waals surface area contributed by atoms with Gasteiger partial charge in [-0.05, 0) is 31.4 Å². The Labute approximate surface area is 134 Å². The van der Waals surface area contributed by atoms with Crippen molar-refractivity contribution in [3.8, 4) is 10.7 Å². The Morgan fingerprint density at radius 1 is 1.48 bits per heavy atom. The van der Waals surface area contributed by atoms with Crippen LogP contribution in [0.4, 0.5) is 0 Å². The zero-order chi connectivity index (χ0) is 14.8. The fourth-order valence-electron chi connectivity index (χ4n) is 2.73. The molecule has 0 saturated carbocycles. The normalized spacial score (nSPS) is 18.0. The molecule has 0 bridgehead atoms. The van der Waals surface area contributed by atoms with Crippen LogP contribution in [-0.4, -0.2) is 22.6 Å². The molecule has 112 valence electrons. The zero-order valence-corrected chi connectivity index (χ0v) is 14.0. The van der Waals surface area contributed by atoms with E-state index in [0.29, 0.717) is 17.0 Å². The van der Waals surface area contributed by atoms with Gasteiger partial charge in [0.05, 0.1) is 10.7 Å². The standard InChI is InChI=1S/C16H20ClN3S/c1-10(2)19-9-11-5-3-7-13-14(11)20-16(21-13)15-12(17)6-4-8-18-15/h4,6,8,10-11,19H,3,5,7,9H2,1-2H3. The van der Waals surface area contributed by atoms with Crippen LogP contribution in [0.3, 0.4) is 0 Å². The van der Waals surface area contributed by atoms with Crippen molar-refractivity contribution in [3.63, 3.8) is 0 Å². The number of pyridine rings is 1. The van der Waals surface area contributed by atoms with Gasteiger partial charge in [-0.25, -0.2) is 4.98 Å². The quantitative estimate of drug-likeness (QED) is 0.913. The van der Waals surface area contributed by atoms with Crippen molar-refractivity contribution in [1.29, 1.82) is 0 Å². The zero-order valence-electron chi connectivity index (χ0n) is 12.4. The third-order valence-corrected chi connectivity index (χ3v) is 5.25. The molecule has 2 aromatic heterocycles. The monoisotopic (exact) mass is 321 g/mol. The molecule has 0 saturated heterocycles. The fourth-order valence-corrected chi connectivity index (χ4v) is 4.20. The second kappa shape index (κ2) is 6.42. The molecule has 3 nitrogen and oxygen atoms in total. The van der Waals surface area contributed by atoms with Crippen molar-refractivity contribution in [2.45, 2.75) is 45.1 Å². The van der Waals surface area contributed by atoms with Crippen molar-refractivity contribution in [2.75, 3.05) is 6.54 Å². The minimum atomic E-state index is 0.513. The predicted octanol–water partition coefficient (Wildman–Crippen LogP) is 4.28. The summed E-state index contributed by atoms with van der Waals surface area (Å²) in [6, 6.07) is 4.25. The highest BCUT2D eigenvalue weighted by Crippen LogP contribution is 2.38. The maximum absolute atomic E-state index is 6.25. The molecule has 0 amide bonds. The Morgan fingerprint density at radius 3 is 3.10 bits per heavy atom. The van der Waals surface area contributed by atoms with E-state index in [2.05, 4.69) is 24.1 Å². The maximum atomic E-state index is 6.25. The summed E-state index contributed by atoms with van der Waals surface area (Å²) in [4.78, 5) is 10.7. The van der Waals surface area contributed by atoms with Crippen molar-refractivity contribution in [2.24, 2.45) is 0 Å². The van der Waals surface area contributed by atoms with Gasteiger partial charge < -0.3 is 5.32 Å². The molecule has 0 aromatic carbocycles.